The van der Waals surface area contributed by atoms with Crippen LogP contribution in [0.3, 0.4) is 0 Å². The molecular weight excluding hydrogens is 366 g/mol. The fraction of sp³-hybridized carbons (Fsp3) is 0.278. The van der Waals surface area contributed by atoms with Gasteiger partial charge in [-0.05, 0) is 32.9 Å². The number of hydrogen-bond donors (Lipinski definition) is 2. The normalized spacial score (nSPS) is 12.3. The topological polar surface area (TPSA) is 68.4 Å². The van der Waals surface area contributed by atoms with Gasteiger partial charge >= 0.3 is 0 Å². The number of nitrogen functional groups attached to an aromatic ring is 1. The minimum Gasteiger partial charge on any atom is -0.482 e. The summed E-state index contributed by atoms with van der Waals surface area (Å²) in [7, 11) is 0. The van der Waals surface area contributed by atoms with E-state index in [1.54, 1.807) is 26.8 Å². The zero-order valence-corrected chi connectivity index (χ0v) is 15.4. The number of rotatable bonds is 3. The average molecular weight is 383 g/mol. The quantitative estimate of drug-likeness (QED) is 0.610. The Morgan fingerprint density at radius 2 is 2.04 bits per heavy atom. The van der Waals surface area contributed by atoms with Gasteiger partial charge in [0, 0.05) is 28.4 Å². The lowest BCUT2D eigenvalue weighted by Gasteiger charge is -2.19. The first-order valence-electron chi connectivity index (χ1n) is 7.39. The molecule has 0 radical (unpaired) electrons. The zero-order chi connectivity index (χ0) is 18.8. The van der Waals surface area contributed by atoms with E-state index in [-0.39, 0.29) is 21.6 Å². The van der Waals surface area contributed by atoms with Crippen molar-refractivity contribution in [3.8, 4) is 17.6 Å². The monoisotopic (exact) mass is 382 g/mol. The summed E-state index contributed by atoms with van der Waals surface area (Å²) in [6.45, 7) is 4.80. The van der Waals surface area contributed by atoms with Gasteiger partial charge in [-0.2, -0.15) is 0 Å². The Labute approximate surface area is 155 Å². The van der Waals surface area contributed by atoms with Crippen molar-refractivity contribution in [1.29, 1.82) is 0 Å². The van der Waals surface area contributed by atoms with Gasteiger partial charge in [-0.3, -0.25) is 0 Å². The van der Waals surface area contributed by atoms with E-state index in [0.29, 0.717) is 11.1 Å². The van der Waals surface area contributed by atoms with Crippen LogP contribution in [0.5, 0.6) is 5.75 Å². The summed E-state index contributed by atoms with van der Waals surface area (Å²) >= 11 is 12.1. The standard InChI is InChI=1S/C18H17Cl2FN2O2/c1-10(15-12(19)4-5-13(21)16(15)20)25-14-8-11(9-23-17(14)22)6-7-18(2,3)24/h4-5,8-10,24H,1-3H3,(H2,22,23). The van der Waals surface area contributed by atoms with E-state index in [2.05, 4.69) is 16.8 Å². The number of aromatic nitrogens is 1. The van der Waals surface area contributed by atoms with E-state index in [0.717, 1.165) is 0 Å². The third-order valence-corrected chi connectivity index (χ3v) is 3.90. The Morgan fingerprint density at radius 1 is 1.36 bits per heavy atom. The third-order valence-electron chi connectivity index (χ3n) is 3.18. The molecule has 3 N–H and O–H groups in total. The Bertz CT molecular complexity index is 855. The smallest absolute Gasteiger partial charge is 0.166 e. The van der Waals surface area contributed by atoms with Crippen molar-refractivity contribution in [2.24, 2.45) is 0 Å². The van der Waals surface area contributed by atoms with Gasteiger partial charge < -0.3 is 15.6 Å². The van der Waals surface area contributed by atoms with Crippen LogP contribution in [0.4, 0.5) is 10.2 Å². The van der Waals surface area contributed by atoms with Crippen molar-refractivity contribution < 1.29 is 14.2 Å². The van der Waals surface area contributed by atoms with Gasteiger partial charge in [-0.15, -0.1) is 0 Å². The first-order valence-corrected chi connectivity index (χ1v) is 8.15. The summed E-state index contributed by atoms with van der Waals surface area (Å²) in [5.41, 5.74) is 5.51. The number of ether oxygens (including phenoxy) is 1. The minimum absolute atomic E-state index is 0.107. The number of pyridine rings is 1. The summed E-state index contributed by atoms with van der Waals surface area (Å²) in [5, 5.41) is 9.84. The number of nitrogens with zero attached hydrogens (tertiary/aromatic N) is 1. The van der Waals surface area contributed by atoms with Crippen LogP contribution in [0.25, 0.3) is 0 Å². The van der Waals surface area contributed by atoms with Gasteiger partial charge in [0.2, 0.25) is 0 Å². The van der Waals surface area contributed by atoms with E-state index in [9.17, 15) is 9.50 Å². The van der Waals surface area contributed by atoms with Gasteiger partial charge in [0.15, 0.2) is 11.6 Å². The summed E-state index contributed by atoms with van der Waals surface area (Å²) in [6.07, 6.45) is 0.797. The van der Waals surface area contributed by atoms with Crippen molar-refractivity contribution in [3.63, 3.8) is 0 Å². The predicted octanol–water partition coefficient (Wildman–Crippen LogP) is 4.37. The lowest BCUT2D eigenvalue weighted by atomic mass is 10.1. The summed E-state index contributed by atoms with van der Waals surface area (Å²) < 4.78 is 19.5. The molecular formula is C18H17Cl2FN2O2. The molecule has 0 fully saturated rings. The average Bonchev–Trinajstić information content (AvgIpc) is 2.51. The van der Waals surface area contributed by atoms with Crippen molar-refractivity contribution in [3.05, 3.63) is 51.4 Å². The summed E-state index contributed by atoms with van der Waals surface area (Å²) in [4.78, 5) is 4.02. The molecule has 1 unspecified atom stereocenters. The van der Waals surface area contributed by atoms with Crippen LogP contribution in [0, 0.1) is 17.7 Å². The van der Waals surface area contributed by atoms with Gasteiger partial charge in [-0.25, -0.2) is 9.37 Å². The van der Waals surface area contributed by atoms with Crippen LogP contribution in [-0.4, -0.2) is 15.7 Å². The molecule has 0 aliphatic heterocycles. The summed E-state index contributed by atoms with van der Waals surface area (Å²) in [5.74, 6) is 5.27. The van der Waals surface area contributed by atoms with Crippen LogP contribution >= 0.6 is 23.2 Å². The molecule has 0 saturated heterocycles. The maximum atomic E-state index is 13.7. The fourth-order valence-corrected chi connectivity index (χ4v) is 2.69. The van der Waals surface area contributed by atoms with E-state index < -0.39 is 17.5 Å². The van der Waals surface area contributed by atoms with E-state index in [1.807, 2.05) is 0 Å². The van der Waals surface area contributed by atoms with Crippen LogP contribution in [0.15, 0.2) is 24.4 Å². The van der Waals surface area contributed by atoms with Crippen molar-refractivity contribution >= 4 is 29.0 Å². The van der Waals surface area contributed by atoms with Crippen LogP contribution in [0.1, 0.15) is 38.0 Å². The maximum Gasteiger partial charge on any atom is 0.166 e. The first kappa shape index (κ1) is 19.3. The zero-order valence-electron chi connectivity index (χ0n) is 13.9. The van der Waals surface area contributed by atoms with Gasteiger partial charge in [-0.1, -0.05) is 35.0 Å². The maximum absolute atomic E-state index is 13.7. The highest BCUT2D eigenvalue weighted by Gasteiger charge is 2.19. The minimum atomic E-state index is -1.14. The second-order valence-electron chi connectivity index (χ2n) is 5.93. The Kier molecular flexibility index (Phi) is 5.79. The van der Waals surface area contributed by atoms with Crippen molar-refractivity contribution in [1.82, 2.24) is 4.98 Å². The second kappa shape index (κ2) is 7.49. The third kappa shape index (κ3) is 4.99. The molecule has 1 aromatic carbocycles. The molecule has 132 valence electrons. The molecule has 25 heavy (non-hydrogen) atoms. The SMILES string of the molecule is CC(Oc1cc(C#CC(C)(C)O)cnc1N)c1c(Cl)ccc(F)c1Cl. The number of anilines is 1. The molecule has 0 aliphatic rings. The fourth-order valence-electron chi connectivity index (χ4n) is 2.01. The highest BCUT2D eigenvalue weighted by atomic mass is 35.5. The largest absolute Gasteiger partial charge is 0.482 e. The highest BCUT2D eigenvalue weighted by molar-refractivity contribution is 6.36. The van der Waals surface area contributed by atoms with E-state index in [4.69, 9.17) is 33.7 Å². The first-order chi connectivity index (χ1) is 11.6. The van der Waals surface area contributed by atoms with Crippen molar-refractivity contribution in [2.45, 2.75) is 32.5 Å². The molecule has 7 heteroatoms. The molecule has 0 amide bonds. The number of halogens is 3. The Balaban J connectivity index is 2.34. The molecule has 1 heterocycles. The van der Waals surface area contributed by atoms with Crippen LogP contribution in [0.2, 0.25) is 10.0 Å². The number of nitrogens with two attached hydrogens (primary N) is 1. The van der Waals surface area contributed by atoms with Gasteiger partial charge in [0.25, 0.3) is 0 Å². The second-order valence-corrected chi connectivity index (χ2v) is 6.72. The predicted molar refractivity (Wildman–Crippen MR) is 97.3 cm³/mol. The van der Waals surface area contributed by atoms with Crippen LogP contribution in [-0.2, 0) is 0 Å². The molecule has 2 rings (SSSR count). The molecule has 2 aromatic rings. The van der Waals surface area contributed by atoms with Gasteiger partial charge in [0.05, 0.1) is 5.02 Å². The highest BCUT2D eigenvalue weighted by Crippen LogP contribution is 2.35. The summed E-state index contributed by atoms with van der Waals surface area (Å²) in [6, 6.07) is 4.17. The number of benzene rings is 1. The molecule has 0 aliphatic carbocycles. The van der Waals surface area contributed by atoms with E-state index in [1.165, 1.54) is 18.3 Å². The van der Waals surface area contributed by atoms with Gasteiger partial charge in [0.1, 0.15) is 17.5 Å². The number of aliphatic hydroxyl groups is 1. The molecule has 1 atom stereocenters. The Hall–Kier alpha value is -2.00. The molecule has 4 nitrogen and oxygen atoms in total. The molecule has 0 spiro atoms. The molecule has 0 bridgehead atoms. The molecule has 0 saturated carbocycles. The van der Waals surface area contributed by atoms with Crippen LogP contribution < -0.4 is 10.5 Å². The lowest BCUT2D eigenvalue weighted by Crippen LogP contribution is -2.14. The number of hydrogen-bond acceptors (Lipinski definition) is 4. The van der Waals surface area contributed by atoms with E-state index >= 15 is 0 Å². The lowest BCUT2D eigenvalue weighted by molar-refractivity contribution is 0.143. The molecule has 1 aromatic heterocycles. The Morgan fingerprint density at radius 3 is 2.68 bits per heavy atom. The van der Waals surface area contributed by atoms with Crippen molar-refractivity contribution in [2.75, 3.05) is 5.73 Å².